The normalized spacial score (nSPS) is 20.8. The van der Waals surface area contributed by atoms with Crippen molar-refractivity contribution in [2.24, 2.45) is 4.99 Å². The second kappa shape index (κ2) is 9.26. The van der Waals surface area contributed by atoms with Crippen molar-refractivity contribution in [1.82, 2.24) is 20.4 Å². The zero-order valence-electron chi connectivity index (χ0n) is 14.6. The zero-order valence-corrected chi connectivity index (χ0v) is 17.7. The first-order valence-electron chi connectivity index (χ1n) is 8.67. The van der Waals surface area contributed by atoms with Gasteiger partial charge < -0.3 is 14.7 Å². The summed E-state index contributed by atoms with van der Waals surface area (Å²) < 4.78 is 5.46. The Morgan fingerprint density at radius 3 is 2.83 bits per heavy atom. The molecule has 0 aromatic carbocycles. The maximum atomic E-state index is 5.02. The topological polar surface area (TPSA) is 66.5 Å². The minimum atomic E-state index is 0. The molecule has 8 heteroatoms. The first-order valence-corrected chi connectivity index (χ1v) is 9.66. The van der Waals surface area contributed by atoms with Crippen LogP contribution in [0.25, 0.3) is 0 Å². The third kappa shape index (κ3) is 5.00. The molecule has 0 radical (unpaired) electrons. The number of rotatable bonds is 3. The molecule has 0 bridgehead atoms. The van der Waals surface area contributed by atoms with Gasteiger partial charge in [0.15, 0.2) is 11.8 Å². The van der Waals surface area contributed by atoms with E-state index in [9.17, 15) is 0 Å². The van der Waals surface area contributed by atoms with E-state index in [-0.39, 0.29) is 24.0 Å². The molecular formula is C16H28IN5OS. The summed E-state index contributed by atoms with van der Waals surface area (Å²) >= 11 is 2.18. The van der Waals surface area contributed by atoms with Crippen LogP contribution in [0.2, 0.25) is 0 Å². The highest BCUT2D eigenvalue weighted by Gasteiger charge is 2.38. The number of nitrogens with one attached hydrogen (secondary N) is 1. The van der Waals surface area contributed by atoms with Crippen LogP contribution in [-0.2, 0) is 6.54 Å². The summed E-state index contributed by atoms with van der Waals surface area (Å²) in [6, 6.07) is 0. The van der Waals surface area contributed by atoms with Gasteiger partial charge in [0, 0.05) is 37.1 Å². The minimum absolute atomic E-state index is 0. The Balaban J connectivity index is 0.00000208. The van der Waals surface area contributed by atoms with E-state index in [2.05, 4.69) is 39.0 Å². The number of hydrogen-bond donors (Lipinski definition) is 1. The SMILES string of the molecule is CCNC(=NCc1noc(C)n1)N1CCSC2(CCCCC2)C1.I. The van der Waals surface area contributed by atoms with E-state index in [0.717, 1.165) is 25.6 Å². The molecule has 24 heavy (non-hydrogen) atoms. The summed E-state index contributed by atoms with van der Waals surface area (Å²) in [4.78, 5) is 11.4. The first-order chi connectivity index (χ1) is 11.2. The Bertz CT molecular complexity index is 539. The van der Waals surface area contributed by atoms with Gasteiger partial charge in [-0.3, -0.25) is 0 Å². The van der Waals surface area contributed by atoms with Crippen LogP contribution in [0.4, 0.5) is 0 Å². The predicted octanol–water partition coefficient (Wildman–Crippen LogP) is 3.21. The van der Waals surface area contributed by atoms with Crippen LogP contribution in [0.5, 0.6) is 0 Å². The number of aliphatic imine (C=N–C) groups is 1. The Labute approximate surface area is 165 Å². The summed E-state index contributed by atoms with van der Waals surface area (Å²) in [6.45, 7) is 7.43. The van der Waals surface area contributed by atoms with Gasteiger partial charge in [-0.15, -0.1) is 24.0 Å². The summed E-state index contributed by atoms with van der Waals surface area (Å²) in [5.74, 6) is 3.42. The van der Waals surface area contributed by atoms with Gasteiger partial charge in [-0.2, -0.15) is 16.7 Å². The van der Waals surface area contributed by atoms with Crippen LogP contribution in [0.1, 0.15) is 50.7 Å². The lowest BCUT2D eigenvalue weighted by atomic mass is 9.87. The average molecular weight is 465 g/mol. The van der Waals surface area contributed by atoms with Gasteiger partial charge in [0.25, 0.3) is 0 Å². The Morgan fingerprint density at radius 1 is 1.38 bits per heavy atom. The molecule has 1 N–H and O–H groups in total. The van der Waals surface area contributed by atoms with Crippen molar-refractivity contribution in [1.29, 1.82) is 0 Å². The van der Waals surface area contributed by atoms with Crippen molar-refractivity contribution in [3.05, 3.63) is 11.7 Å². The lowest BCUT2D eigenvalue weighted by Crippen LogP contribution is -2.53. The monoisotopic (exact) mass is 465 g/mol. The Hall–Kier alpha value is -0.510. The number of guanidine groups is 1. The third-order valence-corrected chi connectivity index (χ3v) is 6.12. The van der Waals surface area contributed by atoms with Gasteiger partial charge in [-0.1, -0.05) is 24.4 Å². The summed E-state index contributed by atoms with van der Waals surface area (Å²) in [5, 5.41) is 7.36. The van der Waals surface area contributed by atoms with Crippen LogP contribution >= 0.6 is 35.7 Å². The highest BCUT2D eigenvalue weighted by molar-refractivity contribution is 14.0. The molecule has 6 nitrogen and oxygen atoms in total. The predicted molar refractivity (Wildman–Crippen MR) is 109 cm³/mol. The van der Waals surface area contributed by atoms with Crippen LogP contribution in [0.15, 0.2) is 9.52 Å². The maximum Gasteiger partial charge on any atom is 0.223 e. The molecule has 1 saturated heterocycles. The van der Waals surface area contributed by atoms with E-state index in [1.54, 1.807) is 6.92 Å². The minimum Gasteiger partial charge on any atom is -0.357 e. The molecule has 0 atom stereocenters. The number of thioether (sulfide) groups is 1. The molecule has 1 spiro atoms. The van der Waals surface area contributed by atoms with Gasteiger partial charge in [-0.25, -0.2) is 4.99 Å². The smallest absolute Gasteiger partial charge is 0.223 e. The second-order valence-electron chi connectivity index (χ2n) is 6.41. The number of halogens is 1. The molecule has 0 unspecified atom stereocenters. The van der Waals surface area contributed by atoms with Crippen LogP contribution in [0.3, 0.4) is 0 Å². The van der Waals surface area contributed by atoms with Gasteiger partial charge >= 0.3 is 0 Å². The maximum absolute atomic E-state index is 5.02. The van der Waals surface area contributed by atoms with Crippen LogP contribution in [-0.4, -0.2) is 51.1 Å². The number of hydrogen-bond acceptors (Lipinski definition) is 5. The third-order valence-electron chi connectivity index (χ3n) is 4.59. The van der Waals surface area contributed by atoms with E-state index < -0.39 is 0 Å². The number of aromatic nitrogens is 2. The van der Waals surface area contributed by atoms with Gasteiger partial charge in [0.2, 0.25) is 5.89 Å². The van der Waals surface area contributed by atoms with Crippen molar-refractivity contribution in [2.75, 3.05) is 25.4 Å². The summed E-state index contributed by atoms with van der Waals surface area (Å²) in [5.41, 5.74) is 0. The lowest BCUT2D eigenvalue weighted by molar-refractivity contribution is 0.293. The first kappa shape index (κ1) is 19.8. The molecule has 1 aromatic heterocycles. The summed E-state index contributed by atoms with van der Waals surface area (Å²) in [7, 11) is 0. The number of aryl methyl sites for hydroxylation is 1. The fourth-order valence-electron chi connectivity index (χ4n) is 3.50. The van der Waals surface area contributed by atoms with E-state index in [0.29, 0.717) is 23.0 Å². The molecular weight excluding hydrogens is 437 g/mol. The molecule has 136 valence electrons. The van der Waals surface area contributed by atoms with Gasteiger partial charge in [0.05, 0.1) is 0 Å². The van der Waals surface area contributed by atoms with E-state index in [1.165, 1.54) is 37.9 Å². The van der Waals surface area contributed by atoms with E-state index in [4.69, 9.17) is 9.52 Å². The molecule has 2 aliphatic rings. The molecule has 1 saturated carbocycles. The molecule has 1 aliphatic heterocycles. The largest absolute Gasteiger partial charge is 0.357 e. The fourth-order valence-corrected chi connectivity index (χ4v) is 5.07. The standard InChI is InChI=1S/C16H27N5OS.HI/c1-3-17-15(18-11-14-19-13(2)22-20-14)21-9-10-23-16(12-21)7-5-4-6-8-16;/h3-12H2,1-2H3,(H,17,18);1H. The average Bonchev–Trinajstić information content (AvgIpc) is 2.98. The quantitative estimate of drug-likeness (QED) is 0.420. The Morgan fingerprint density at radius 2 is 2.17 bits per heavy atom. The highest BCUT2D eigenvalue weighted by atomic mass is 127. The highest BCUT2D eigenvalue weighted by Crippen LogP contribution is 2.42. The molecule has 1 aromatic rings. The fraction of sp³-hybridized carbons (Fsp3) is 0.812. The number of nitrogens with zero attached hydrogens (tertiary/aromatic N) is 4. The van der Waals surface area contributed by atoms with Crippen molar-refractivity contribution >= 4 is 41.7 Å². The van der Waals surface area contributed by atoms with Gasteiger partial charge in [-0.05, 0) is 19.8 Å². The molecule has 2 fully saturated rings. The van der Waals surface area contributed by atoms with Crippen molar-refractivity contribution < 1.29 is 4.52 Å². The molecule has 2 heterocycles. The van der Waals surface area contributed by atoms with Crippen molar-refractivity contribution in [3.8, 4) is 0 Å². The summed E-state index contributed by atoms with van der Waals surface area (Å²) in [6.07, 6.45) is 6.83. The second-order valence-corrected chi connectivity index (χ2v) is 7.98. The molecule has 1 aliphatic carbocycles. The van der Waals surface area contributed by atoms with Crippen molar-refractivity contribution in [3.63, 3.8) is 0 Å². The Kier molecular flexibility index (Phi) is 7.64. The van der Waals surface area contributed by atoms with Crippen LogP contribution < -0.4 is 5.32 Å². The van der Waals surface area contributed by atoms with Crippen molar-refractivity contribution in [2.45, 2.75) is 57.2 Å². The molecule has 3 rings (SSSR count). The lowest BCUT2D eigenvalue weighted by Gasteiger charge is -2.45. The van der Waals surface area contributed by atoms with Crippen LogP contribution in [0, 0.1) is 6.92 Å². The molecule has 0 amide bonds. The zero-order chi connectivity index (χ0) is 16.1. The van der Waals surface area contributed by atoms with E-state index >= 15 is 0 Å². The van der Waals surface area contributed by atoms with Gasteiger partial charge in [0.1, 0.15) is 6.54 Å². The van der Waals surface area contributed by atoms with E-state index in [1.807, 2.05) is 0 Å².